The number of hydrogen-bond donors (Lipinski definition) is 0. The average molecular weight is 243 g/mol. The van der Waals surface area contributed by atoms with Gasteiger partial charge in [0, 0.05) is 0 Å². The van der Waals surface area contributed by atoms with Crippen molar-refractivity contribution in [3.05, 3.63) is 0 Å². The molecule has 0 bridgehead atoms. The number of rotatable bonds is 3. The van der Waals surface area contributed by atoms with Crippen LogP contribution in [0, 0.1) is 23.2 Å². The van der Waals surface area contributed by atoms with E-state index >= 15 is 0 Å². The molecule has 0 aliphatic heterocycles. The molecule has 0 aromatic rings. The molecule has 1 rings (SSSR count). The lowest BCUT2D eigenvalue weighted by Gasteiger charge is -2.32. The maximum absolute atomic E-state index is 12.3. The van der Waals surface area contributed by atoms with Crippen LogP contribution in [0.5, 0.6) is 0 Å². The smallest absolute Gasteiger partial charge is 0.157 e. The number of sulfone groups is 1. The Hall–Kier alpha value is -0.560. The summed E-state index contributed by atoms with van der Waals surface area (Å²) in [5.74, 6) is 0.128. The minimum Gasteiger partial charge on any atom is -0.228 e. The molecule has 0 heterocycles. The van der Waals surface area contributed by atoms with Crippen LogP contribution in [-0.2, 0) is 9.84 Å². The van der Waals surface area contributed by atoms with Crippen molar-refractivity contribution in [1.29, 1.82) is 5.26 Å². The Labute approximate surface area is 98.8 Å². The largest absolute Gasteiger partial charge is 0.228 e. The summed E-state index contributed by atoms with van der Waals surface area (Å²) in [7, 11) is -3.13. The Morgan fingerprint density at radius 2 is 2.06 bits per heavy atom. The van der Waals surface area contributed by atoms with E-state index in [0.717, 1.165) is 12.8 Å². The summed E-state index contributed by atoms with van der Waals surface area (Å²) in [5.41, 5.74) is 0. The predicted octanol–water partition coefficient (Wildman–Crippen LogP) is 2.53. The van der Waals surface area contributed by atoms with Crippen LogP contribution < -0.4 is 0 Å². The highest BCUT2D eigenvalue weighted by atomic mass is 32.2. The molecule has 4 heteroatoms. The second-order valence-electron chi connectivity index (χ2n) is 5.00. The highest BCUT2D eigenvalue weighted by molar-refractivity contribution is 7.92. The lowest BCUT2D eigenvalue weighted by Crippen LogP contribution is -2.39. The van der Waals surface area contributed by atoms with E-state index < -0.39 is 15.1 Å². The molecule has 0 spiro atoms. The van der Waals surface area contributed by atoms with Gasteiger partial charge in [-0.15, -0.1) is 0 Å². The monoisotopic (exact) mass is 243 g/mol. The van der Waals surface area contributed by atoms with Crippen molar-refractivity contribution >= 4 is 9.84 Å². The van der Waals surface area contributed by atoms with Gasteiger partial charge in [-0.1, -0.05) is 13.8 Å². The van der Waals surface area contributed by atoms with E-state index in [1.165, 1.54) is 0 Å². The molecular weight excluding hydrogens is 222 g/mol. The molecule has 4 unspecified atom stereocenters. The van der Waals surface area contributed by atoms with E-state index in [9.17, 15) is 8.42 Å². The lowest BCUT2D eigenvalue weighted by molar-refractivity contribution is 0.333. The molecule has 0 aromatic carbocycles. The van der Waals surface area contributed by atoms with E-state index in [4.69, 9.17) is 5.26 Å². The molecular formula is C12H21NO2S. The molecule has 0 N–H and O–H groups in total. The molecule has 1 saturated carbocycles. The Bertz CT molecular complexity index is 369. The zero-order chi connectivity index (χ0) is 12.3. The third-order valence-corrected chi connectivity index (χ3v) is 6.60. The van der Waals surface area contributed by atoms with Crippen LogP contribution in [-0.4, -0.2) is 18.9 Å². The molecule has 1 aliphatic rings. The highest BCUT2D eigenvalue weighted by Crippen LogP contribution is 2.34. The number of nitriles is 1. The van der Waals surface area contributed by atoms with Gasteiger partial charge in [0.05, 0.1) is 22.5 Å². The summed E-state index contributed by atoms with van der Waals surface area (Å²) in [5, 5.41) is 8.30. The summed E-state index contributed by atoms with van der Waals surface area (Å²) in [6.45, 7) is 5.71. The second-order valence-corrected chi connectivity index (χ2v) is 7.59. The van der Waals surface area contributed by atoms with Gasteiger partial charge in [-0.3, -0.25) is 0 Å². The van der Waals surface area contributed by atoms with Gasteiger partial charge in [-0.05, 0) is 38.5 Å². The van der Waals surface area contributed by atoms with Gasteiger partial charge < -0.3 is 0 Å². The quantitative estimate of drug-likeness (QED) is 0.765. The van der Waals surface area contributed by atoms with Crippen molar-refractivity contribution in [3.63, 3.8) is 0 Å². The fourth-order valence-electron chi connectivity index (χ4n) is 2.37. The molecule has 92 valence electrons. The standard InChI is InChI=1S/C12H21NO2S/c1-4-10(3)16(14,15)12-7-9(2)5-6-11(12)8-13/h9-12H,4-7H2,1-3H3. The van der Waals surface area contributed by atoms with Crippen molar-refractivity contribution in [2.75, 3.05) is 0 Å². The highest BCUT2D eigenvalue weighted by Gasteiger charge is 2.40. The first-order valence-corrected chi connectivity index (χ1v) is 7.66. The van der Waals surface area contributed by atoms with Crippen molar-refractivity contribution in [2.45, 2.75) is 57.0 Å². The minimum absolute atomic E-state index is 0.296. The summed E-state index contributed by atoms with van der Waals surface area (Å²) in [4.78, 5) is 0. The first kappa shape index (κ1) is 13.5. The van der Waals surface area contributed by atoms with E-state index in [1.807, 2.05) is 6.92 Å². The first-order valence-electron chi connectivity index (χ1n) is 6.05. The second kappa shape index (κ2) is 5.18. The van der Waals surface area contributed by atoms with Gasteiger partial charge in [0.15, 0.2) is 9.84 Å². The first-order chi connectivity index (χ1) is 7.43. The lowest BCUT2D eigenvalue weighted by atomic mass is 9.83. The van der Waals surface area contributed by atoms with Gasteiger partial charge >= 0.3 is 0 Å². The van der Waals surface area contributed by atoms with Crippen LogP contribution >= 0.6 is 0 Å². The minimum atomic E-state index is -3.13. The molecule has 3 nitrogen and oxygen atoms in total. The molecule has 0 aromatic heterocycles. The van der Waals surface area contributed by atoms with E-state index in [2.05, 4.69) is 13.0 Å². The molecule has 1 aliphatic carbocycles. The van der Waals surface area contributed by atoms with Crippen molar-refractivity contribution in [2.24, 2.45) is 11.8 Å². The maximum atomic E-state index is 12.3. The fourth-order valence-corrected chi connectivity index (χ4v) is 4.68. The van der Waals surface area contributed by atoms with Gasteiger partial charge in [0.25, 0.3) is 0 Å². The van der Waals surface area contributed by atoms with E-state index in [1.54, 1.807) is 6.92 Å². The third-order valence-electron chi connectivity index (χ3n) is 3.78. The molecule has 0 amide bonds. The van der Waals surface area contributed by atoms with Crippen LogP contribution in [0.25, 0.3) is 0 Å². The summed E-state index contributed by atoms with van der Waals surface area (Å²) < 4.78 is 24.6. The van der Waals surface area contributed by atoms with Gasteiger partial charge in [-0.2, -0.15) is 5.26 Å². The molecule has 1 fully saturated rings. The van der Waals surface area contributed by atoms with Gasteiger partial charge in [0.2, 0.25) is 0 Å². The maximum Gasteiger partial charge on any atom is 0.157 e. The van der Waals surface area contributed by atoms with Gasteiger partial charge in [0.1, 0.15) is 0 Å². The zero-order valence-corrected chi connectivity index (χ0v) is 11.1. The van der Waals surface area contributed by atoms with Crippen LogP contribution in [0.2, 0.25) is 0 Å². The fraction of sp³-hybridized carbons (Fsp3) is 0.917. The van der Waals surface area contributed by atoms with Gasteiger partial charge in [-0.25, -0.2) is 8.42 Å². The van der Waals surface area contributed by atoms with Crippen molar-refractivity contribution in [3.8, 4) is 6.07 Å². The van der Waals surface area contributed by atoms with E-state index in [0.29, 0.717) is 18.8 Å². The summed E-state index contributed by atoms with van der Waals surface area (Å²) in [6.07, 6.45) is 3.00. The third kappa shape index (κ3) is 2.57. The van der Waals surface area contributed by atoms with Crippen LogP contribution in [0.15, 0.2) is 0 Å². The Kier molecular flexibility index (Phi) is 4.37. The summed E-state index contributed by atoms with van der Waals surface area (Å²) >= 11 is 0. The molecule has 0 radical (unpaired) electrons. The van der Waals surface area contributed by atoms with E-state index in [-0.39, 0.29) is 11.2 Å². The van der Waals surface area contributed by atoms with Crippen molar-refractivity contribution < 1.29 is 8.42 Å². The summed E-state index contributed by atoms with van der Waals surface area (Å²) in [6, 6.07) is 2.18. The van der Waals surface area contributed by atoms with Crippen LogP contribution in [0.4, 0.5) is 0 Å². The Balaban J connectivity index is 2.95. The molecule has 4 atom stereocenters. The normalized spacial score (nSPS) is 33.0. The number of nitrogens with zero attached hydrogens (tertiary/aromatic N) is 1. The topological polar surface area (TPSA) is 57.9 Å². The molecule has 16 heavy (non-hydrogen) atoms. The number of hydrogen-bond acceptors (Lipinski definition) is 3. The Morgan fingerprint density at radius 1 is 1.44 bits per heavy atom. The average Bonchev–Trinajstić information content (AvgIpc) is 2.27. The molecule has 0 saturated heterocycles. The SMILES string of the molecule is CCC(C)S(=O)(=O)C1CC(C)CCC1C#N. The van der Waals surface area contributed by atoms with Crippen LogP contribution in [0.3, 0.4) is 0 Å². The zero-order valence-electron chi connectivity index (χ0n) is 10.3. The Morgan fingerprint density at radius 3 is 2.56 bits per heavy atom. The van der Waals surface area contributed by atoms with Crippen LogP contribution in [0.1, 0.15) is 46.5 Å². The van der Waals surface area contributed by atoms with Crippen molar-refractivity contribution in [1.82, 2.24) is 0 Å². The predicted molar refractivity (Wildman–Crippen MR) is 64.6 cm³/mol.